The van der Waals surface area contributed by atoms with E-state index in [1.807, 2.05) is 0 Å². The van der Waals surface area contributed by atoms with E-state index >= 15 is 0 Å². The molecule has 2 aromatic rings. The van der Waals surface area contributed by atoms with Crippen LogP contribution in [-0.2, 0) is 0 Å². The number of methoxy groups -OCH3 is 1. The minimum absolute atomic E-state index is 0.0857. The van der Waals surface area contributed by atoms with Gasteiger partial charge in [-0.15, -0.1) is 0 Å². The normalized spacial score (nSPS) is 9.95. The van der Waals surface area contributed by atoms with Crippen molar-refractivity contribution in [3.63, 3.8) is 0 Å². The zero-order valence-electron chi connectivity index (χ0n) is 9.95. The summed E-state index contributed by atoms with van der Waals surface area (Å²) in [5.41, 5.74) is 0.636. The highest BCUT2D eigenvalue weighted by Gasteiger charge is 2.16. The van der Waals surface area contributed by atoms with E-state index in [9.17, 15) is 14.9 Å². The first-order valence-corrected chi connectivity index (χ1v) is 5.28. The first kappa shape index (κ1) is 12.6. The minimum Gasteiger partial charge on any atom is -0.497 e. The Hall–Kier alpha value is -2.83. The largest absolute Gasteiger partial charge is 0.497 e. The number of carbonyl (C=O) groups is 1. The Bertz CT molecular complexity index is 603. The van der Waals surface area contributed by atoms with Gasteiger partial charge in [0.15, 0.2) is 0 Å². The summed E-state index contributed by atoms with van der Waals surface area (Å²) in [5.74, 6) is -0.293. The Balaban J connectivity index is 2.08. The molecule has 0 aliphatic heterocycles. The molecule has 0 aliphatic rings. The molecule has 7 nitrogen and oxygen atoms in total. The Kier molecular flexibility index (Phi) is 3.46. The van der Waals surface area contributed by atoms with Gasteiger partial charge in [-0.2, -0.15) is 0 Å². The number of nitro groups is 1. The molecule has 2 rings (SSSR count). The van der Waals surface area contributed by atoms with Crippen LogP contribution in [0.1, 0.15) is 10.4 Å². The van der Waals surface area contributed by atoms with E-state index in [-0.39, 0.29) is 5.56 Å². The van der Waals surface area contributed by atoms with Gasteiger partial charge in [-0.1, -0.05) is 0 Å². The SMILES string of the molecule is COc1ccc(NC(=O)c2coc([N+](=O)[O-])c2)cc1. The number of ether oxygens (including phenoxy) is 1. The molecule has 19 heavy (non-hydrogen) atoms. The standard InChI is InChI=1S/C12H10N2O5/c1-18-10-4-2-9(3-5-10)13-12(15)8-6-11(14(16)17)19-7-8/h2-7H,1H3,(H,13,15). The summed E-state index contributed by atoms with van der Waals surface area (Å²) < 4.78 is 9.63. The monoisotopic (exact) mass is 262 g/mol. The third-order valence-electron chi connectivity index (χ3n) is 2.38. The number of nitrogens with zero attached hydrogens (tertiary/aromatic N) is 1. The number of hydrogen-bond acceptors (Lipinski definition) is 5. The molecular weight excluding hydrogens is 252 g/mol. The third-order valence-corrected chi connectivity index (χ3v) is 2.38. The molecular formula is C12H10N2O5. The van der Waals surface area contributed by atoms with E-state index < -0.39 is 16.7 Å². The summed E-state index contributed by atoms with van der Waals surface area (Å²) in [6, 6.07) is 7.76. The Morgan fingerprint density at radius 3 is 2.58 bits per heavy atom. The zero-order chi connectivity index (χ0) is 13.8. The summed E-state index contributed by atoms with van der Waals surface area (Å²) in [6.45, 7) is 0. The minimum atomic E-state index is -0.704. The lowest BCUT2D eigenvalue weighted by Gasteiger charge is -2.04. The molecule has 98 valence electrons. The number of rotatable bonds is 4. The second-order valence-electron chi connectivity index (χ2n) is 3.61. The lowest BCUT2D eigenvalue weighted by molar-refractivity contribution is -0.402. The molecule has 1 aromatic heterocycles. The molecule has 0 fully saturated rings. The molecule has 0 saturated heterocycles. The second kappa shape index (κ2) is 5.21. The fourth-order valence-corrected chi connectivity index (χ4v) is 1.42. The summed E-state index contributed by atoms with van der Waals surface area (Å²) in [7, 11) is 1.54. The first-order valence-electron chi connectivity index (χ1n) is 5.28. The number of furan rings is 1. The van der Waals surface area contributed by atoms with Crippen LogP contribution in [-0.4, -0.2) is 17.9 Å². The Morgan fingerprint density at radius 1 is 1.37 bits per heavy atom. The molecule has 1 amide bonds. The summed E-state index contributed by atoms with van der Waals surface area (Å²) >= 11 is 0. The van der Waals surface area contributed by atoms with Gasteiger partial charge in [0.25, 0.3) is 5.91 Å². The molecule has 1 N–H and O–H groups in total. The Morgan fingerprint density at radius 2 is 2.05 bits per heavy atom. The van der Waals surface area contributed by atoms with Crippen molar-refractivity contribution < 1.29 is 18.9 Å². The van der Waals surface area contributed by atoms with Crippen LogP contribution in [0, 0.1) is 10.1 Å². The number of nitrogens with one attached hydrogen (secondary N) is 1. The number of anilines is 1. The molecule has 0 radical (unpaired) electrons. The Labute approximate surface area is 107 Å². The molecule has 0 bridgehead atoms. The van der Waals surface area contributed by atoms with E-state index in [0.717, 1.165) is 12.3 Å². The van der Waals surface area contributed by atoms with Crippen LogP contribution < -0.4 is 10.1 Å². The number of carbonyl (C=O) groups excluding carboxylic acids is 1. The lowest BCUT2D eigenvalue weighted by atomic mass is 10.2. The van der Waals surface area contributed by atoms with Crippen molar-refractivity contribution in [1.29, 1.82) is 0 Å². The van der Waals surface area contributed by atoms with Crippen molar-refractivity contribution in [2.45, 2.75) is 0 Å². The average molecular weight is 262 g/mol. The molecule has 7 heteroatoms. The van der Waals surface area contributed by atoms with Crippen LogP contribution in [0.2, 0.25) is 0 Å². The zero-order valence-corrected chi connectivity index (χ0v) is 9.95. The third kappa shape index (κ3) is 2.89. The summed E-state index contributed by atoms with van der Waals surface area (Å²) in [6.07, 6.45) is 1.04. The molecule has 0 unspecified atom stereocenters. The second-order valence-corrected chi connectivity index (χ2v) is 3.61. The van der Waals surface area contributed by atoms with Gasteiger partial charge in [0.2, 0.25) is 0 Å². The number of benzene rings is 1. The topological polar surface area (TPSA) is 94.6 Å². The van der Waals surface area contributed by atoms with E-state index in [1.165, 1.54) is 7.11 Å². The van der Waals surface area contributed by atoms with Gasteiger partial charge in [0.1, 0.15) is 16.9 Å². The van der Waals surface area contributed by atoms with Crippen molar-refractivity contribution in [2.24, 2.45) is 0 Å². The van der Waals surface area contributed by atoms with Gasteiger partial charge >= 0.3 is 5.88 Å². The van der Waals surface area contributed by atoms with Crippen LogP contribution in [0.5, 0.6) is 5.75 Å². The van der Waals surface area contributed by atoms with Crippen LogP contribution >= 0.6 is 0 Å². The molecule has 0 aliphatic carbocycles. The van der Waals surface area contributed by atoms with E-state index in [0.29, 0.717) is 11.4 Å². The van der Waals surface area contributed by atoms with Gasteiger partial charge in [0.05, 0.1) is 18.7 Å². The number of amides is 1. The van der Waals surface area contributed by atoms with Crippen molar-refractivity contribution in [1.82, 2.24) is 0 Å². The van der Waals surface area contributed by atoms with E-state index in [1.54, 1.807) is 24.3 Å². The maximum Gasteiger partial charge on any atom is 0.433 e. The van der Waals surface area contributed by atoms with Gasteiger partial charge in [-0.3, -0.25) is 14.9 Å². The lowest BCUT2D eigenvalue weighted by Crippen LogP contribution is -2.10. The van der Waals surface area contributed by atoms with Gasteiger partial charge in [-0.05, 0) is 24.3 Å². The van der Waals surface area contributed by atoms with Crippen molar-refractivity contribution in [3.8, 4) is 5.75 Å². The first-order chi connectivity index (χ1) is 9.10. The molecule has 0 saturated carbocycles. The highest BCUT2D eigenvalue weighted by atomic mass is 16.6. The average Bonchev–Trinajstić information content (AvgIpc) is 2.89. The molecule has 1 heterocycles. The quantitative estimate of drug-likeness (QED) is 0.674. The van der Waals surface area contributed by atoms with Crippen molar-refractivity contribution in [3.05, 3.63) is 52.3 Å². The van der Waals surface area contributed by atoms with E-state index in [4.69, 9.17) is 4.74 Å². The van der Waals surface area contributed by atoms with Gasteiger partial charge < -0.3 is 14.5 Å². The van der Waals surface area contributed by atoms with Crippen molar-refractivity contribution in [2.75, 3.05) is 12.4 Å². The predicted octanol–water partition coefficient (Wildman–Crippen LogP) is 2.45. The van der Waals surface area contributed by atoms with Crippen LogP contribution in [0.3, 0.4) is 0 Å². The molecule has 1 aromatic carbocycles. The predicted molar refractivity (Wildman–Crippen MR) is 66.3 cm³/mol. The number of hydrogen-bond donors (Lipinski definition) is 1. The smallest absolute Gasteiger partial charge is 0.433 e. The highest BCUT2D eigenvalue weighted by molar-refractivity contribution is 6.04. The highest BCUT2D eigenvalue weighted by Crippen LogP contribution is 2.19. The molecule has 0 atom stereocenters. The fourth-order valence-electron chi connectivity index (χ4n) is 1.42. The van der Waals surface area contributed by atoms with Crippen LogP contribution in [0.4, 0.5) is 11.6 Å². The van der Waals surface area contributed by atoms with Crippen molar-refractivity contribution >= 4 is 17.5 Å². The van der Waals surface area contributed by atoms with Crippen LogP contribution in [0.15, 0.2) is 41.0 Å². The van der Waals surface area contributed by atoms with E-state index in [2.05, 4.69) is 9.73 Å². The van der Waals surface area contributed by atoms with Crippen LogP contribution in [0.25, 0.3) is 0 Å². The fraction of sp³-hybridized carbons (Fsp3) is 0.0833. The van der Waals surface area contributed by atoms with Gasteiger partial charge in [-0.25, -0.2) is 0 Å². The summed E-state index contributed by atoms with van der Waals surface area (Å²) in [4.78, 5) is 21.5. The van der Waals surface area contributed by atoms with Gasteiger partial charge in [0, 0.05) is 5.69 Å². The maximum atomic E-state index is 11.8. The molecule has 0 spiro atoms. The maximum absolute atomic E-state index is 11.8. The summed E-state index contributed by atoms with van der Waals surface area (Å²) in [5, 5.41) is 13.0.